The zero-order valence-electron chi connectivity index (χ0n) is 16.3. The van der Waals surface area contributed by atoms with Crippen LogP contribution in [0.25, 0.3) is 0 Å². The van der Waals surface area contributed by atoms with Crippen LogP contribution in [0.2, 0.25) is 44.3 Å². The highest BCUT2D eigenvalue weighted by atomic mass is 28.5. The van der Waals surface area contributed by atoms with E-state index in [2.05, 4.69) is 33.1 Å². The molecule has 24 heavy (non-hydrogen) atoms. The van der Waals surface area contributed by atoms with E-state index in [9.17, 15) is 0 Å². The zero-order valence-corrected chi connectivity index (χ0v) is 21.7. The summed E-state index contributed by atoms with van der Waals surface area (Å²) in [5, 5.41) is 0. The average molecular weight is 431 g/mol. The first-order chi connectivity index (χ1) is 11.2. The molecule has 7 nitrogen and oxygen atoms in total. The van der Waals surface area contributed by atoms with Gasteiger partial charge in [0, 0.05) is 27.4 Å². The third-order valence-electron chi connectivity index (χ3n) is 4.18. The van der Waals surface area contributed by atoms with Gasteiger partial charge in [-0.15, -0.1) is 0 Å². The van der Waals surface area contributed by atoms with Crippen LogP contribution in [0.1, 0.15) is 13.3 Å². The Morgan fingerprint density at radius 2 is 1.17 bits per heavy atom. The molecular formula is C12H34O7Si5. The second-order valence-electron chi connectivity index (χ2n) is 6.42. The van der Waals surface area contributed by atoms with Crippen molar-refractivity contribution in [3.05, 3.63) is 0 Å². The molecule has 1 heterocycles. The molecule has 12 heteroatoms. The van der Waals surface area contributed by atoms with Gasteiger partial charge in [0.1, 0.15) is 0 Å². The second-order valence-corrected chi connectivity index (χ2v) is 21.1. The highest BCUT2D eigenvalue weighted by molar-refractivity contribution is 6.85. The summed E-state index contributed by atoms with van der Waals surface area (Å²) < 4.78 is 42.0. The van der Waals surface area contributed by atoms with E-state index >= 15 is 0 Å². The van der Waals surface area contributed by atoms with Crippen molar-refractivity contribution in [2.75, 3.05) is 21.3 Å². The molecule has 0 N–H and O–H groups in total. The van der Waals surface area contributed by atoms with E-state index in [1.54, 1.807) is 21.3 Å². The van der Waals surface area contributed by atoms with Gasteiger partial charge in [-0.1, -0.05) is 13.3 Å². The fraction of sp³-hybridized carbons (Fsp3) is 1.00. The first-order valence-corrected chi connectivity index (χ1v) is 19.7. The first kappa shape index (κ1) is 22.8. The predicted octanol–water partition coefficient (Wildman–Crippen LogP) is 2.20. The maximum atomic E-state index is 6.40. The molecule has 1 fully saturated rings. The molecule has 2 atom stereocenters. The minimum atomic E-state index is -2.63. The Bertz CT molecular complexity index is 363. The monoisotopic (exact) mass is 430 g/mol. The van der Waals surface area contributed by atoms with Gasteiger partial charge in [0.25, 0.3) is 0 Å². The van der Waals surface area contributed by atoms with Gasteiger partial charge in [0.2, 0.25) is 0 Å². The lowest BCUT2D eigenvalue weighted by Gasteiger charge is -2.42. The van der Waals surface area contributed by atoms with Crippen LogP contribution in [0.3, 0.4) is 0 Å². The minimum absolute atomic E-state index is 0.672. The topological polar surface area (TPSA) is 64.6 Å². The van der Waals surface area contributed by atoms with Crippen LogP contribution in [0, 0.1) is 0 Å². The molecule has 0 aromatic rings. The predicted molar refractivity (Wildman–Crippen MR) is 105 cm³/mol. The lowest BCUT2D eigenvalue weighted by atomic mass is 10.6. The molecule has 0 saturated carbocycles. The van der Waals surface area contributed by atoms with E-state index in [1.807, 2.05) is 0 Å². The van der Waals surface area contributed by atoms with Crippen LogP contribution in [-0.4, -0.2) is 65.8 Å². The zero-order chi connectivity index (χ0) is 18.4. The van der Waals surface area contributed by atoms with Gasteiger partial charge >= 0.3 is 44.5 Å². The SMILES string of the molecule is CCC[Si]1(C)O[SiH](C)O[Si](C)(CC[Si](OC)(OC)OC)O[SiH](C)O1. The van der Waals surface area contributed by atoms with Crippen molar-refractivity contribution < 1.29 is 29.7 Å². The molecule has 0 aliphatic carbocycles. The van der Waals surface area contributed by atoms with Crippen molar-refractivity contribution in [2.24, 2.45) is 0 Å². The van der Waals surface area contributed by atoms with E-state index < -0.39 is 44.5 Å². The van der Waals surface area contributed by atoms with Crippen LogP contribution < -0.4 is 0 Å². The molecule has 0 aromatic heterocycles. The van der Waals surface area contributed by atoms with Crippen molar-refractivity contribution >= 4 is 44.5 Å². The summed E-state index contributed by atoms with van der Waals surface area (Å²) in [5.41, 5.74) is 0. The molecule has 0 spiro atoms. The smallest absolute Gasteiger partial charge is 0.418 e. The van der Waals surface area contributed by atoms with Crippen LogP contribution in [-0.2, 0) is 29.7 Å². The molecule has 0 amide bonds. The molecule has 1 aliphatic rings. The highest BCUT2D eigenvalue weighted by Gasteiger charge is 2.48. The van der Waals surface area contributed by atoms with Gasteiger partial charge in [0.15, 0.2) is 0 Å². The average Bonchev–Trinajstić information content (AvgIpc) is 2.47. The summed E-state index contributed by atoms with van der Waals surface area (Å²) in [6, 6.07) is 2.41. The standard InChI is InChI=1S/C12H34O7Si5/c1-9-10-22(7)16-20(5)18-23(8,19-21(6)17-22)11-12-24(13-2,14-3)15-4/h20-21H,9-12H2,1-8H3. The summed E-state index contributed by atoms with van der Waals surface area (Å²) >= 11 is 0. The maximum Gasteiger partial charge on any atom is 0.500 e. The van der Waals surface area contributed by atoms with Gasteiger partial charge in [0.05, 0.1) is 0 Å². The van der Waals surface area contributed by atoms with Gasteiger partial charge in [-0.2, -0.15) is 0 Å². The van der Waals surface area contributed by atoms with Crippen molar-refractivity contribution in [1.29, 1.82) is 0 Å². The van der Waals surface area contributed by atoms with Crippen LogP contribution in [0.5, 0.6) is 0 Å². The first-order valence-electron chi connectivity index (χ1n) is 8.52. The van der Waals surface area contributed by atoms with Gasteiger partial charge in [-0.3, -0.25) is 0 Å². The molecule has 1 saturated heterocycles. The maximum absolute atomic E-state index is 6.40. The molecule has 144 valence electrons. The van der Waals surface area contributed by atoms with Gasteiger partial charge in [-0.05, 0) is 38.3 Å². The van der Waals surface area contributed by atoms with Crippen LogP contribution >= 0.6 is 0 Å². The summed E-state index contributed by atoms with van der Waals surface area (Å²) in [6.07, 6.45) is 1.06. The van der Waals surface area contributed by atoms with E-state index in [0.29, 0.717) is 6.04 Å². The molecule has 0 radical (unpaired) electrons. The Kier molecular flexibility index (Phi) is 9.19. The fourth-order valence-corrected chi connectivity index (χ4v) is 24.0. The number of hydrogen-bond donors (Lipinski definition) is 0. The third kappa shape index (κ3) is 6.51. The Morgan fingerprint density at radius 3 is 1.50 bits per heavy atom. The number of hydrogen-bond acceptors (Lipinski definition) is 7. The van der Waals surface area contributed by atoms with Crippen molar-refractivity contribution in [1.82, 2.24) is 0 Å². The molecule has 0 aromatic carbocycles. The Morgan fingerprint density at radius 1 is 0.792 bits per heavy atom. The third-order valence-corrected chi connectivity index (χ3v) is 23.3. The Balaban J connectivity index is 2.81. The molecule has 1 rings (SSSR count). The lowest BCUT2D eigenvalue weighted by Crippen LogP contribution is -2.58. The molecule has 2 unspecified atom stereocenters. The normalized spacial score (nSPS) is 35.5. The van der Waals surface area contributed by atoms with Gasteiger partial charge < -0.3 is 29.7 Å². The molecular weight excluding hydrogens is 397 g/mol. The van der Waals surface area contributed by atoms with E-state index in [0.717, 1.165) is 18.5 Å². The highest BCUT2D eigenvalue weighted by Crippen LogP contribution is 2.29. The Hall–Kier alpha value is 0.804. The van der Waals surface area contributed by atoms with Crippen molar-refractivity contribution in [3.8, 4) is 0 Å². The minimum Gasteiger partial charge on any atom is -0.418 e. The quantitative estimate of drug-likeness (QED) is 0.547. The lowest BCUT2D eigenvalue weighted by molar-refractivity contribution is 0.124. The summed E-state index contributed by atoms with van der Waals surface area (Å²) in [5.74, 6) is 0. The number of rotatable bonds is 8. The molecule has 1 aliphatic heterocycles. The van der Waals surface area contributed by atoms with Crippen LogP contribution in [0.4, 0.5) is 0 Å². The summed E-state index contributed by atoms with van der Waals surface area (Å²) in [6.45, 7) is 10.5. The van der Waals surface area contributed by atoms with E-state index in [1.165, 1.54) is 0 Å². The van der Waals surface area contributed by atoms with Gasteiger partial charge in [-0.25, -0.2) is 0 Å². The Labute approximate surface area is 153 Å². The van der Waals surface area contributed by atoms with Crippen LogP contribution in [0.15, 0.2) is 0 Å². The van der Waals surface area contributed by atoms with Crippen molar-refractivity contribution in [2.45, 2.75) is 57.7 Å². The van der Waals surface area contributed by atoms with Crippen molar-refractivity contribution in [3.63, 3.8) is 0 Å². The van der Waals surface area contributed by atoms with E-state index in [4.69, 9.17) is 29.7 Å². The van der Waals surface area contributed by atoms with E-state index in [-0.39, 0.29) is 0 Å². The largest absolute Gasteiger partial charge is 0.500 e. The summed E-state index contributed by atoms with van der Waals surface area (Å²) in [7, 11) is -5.90. The second kappa shape index (κ2) is 9.66. The fourth-order valence-electron chi connectivity index (χ4n) is 3.13. The summed E-state index contributed by atoms with van der Waals surface area (Å²) in [4.78, 5) is 0. The molecule has 0 bridgehead atoms.